The van der Waals surface area contributed by atoms with Crippen molar-refractivity contribution in [3.05, 3.63) is 0 Å². The van der Waals surface area contributed by atoms with E-state index < -0.39 is 0 Å². The van der Waals surface area contributed by atoms with E-state index in [-0.39, 0.29) is 0 Å². The summed E-state index contributed by atoms with van der Waals surface area (Å²) in [6.45, 7) is 6.07. The average Bonchev–Trinajstić information content (AvgIpc) is 1.80. The number of hydrogen-bond acceptors (Lipinski definition) is 2. The van der Waals surface area contributed by atoms with Crippen LogP contribution in [0.25, 0.3) is 0 Å². The van der Waals surface area contributed by atoms with Gasteiger partial charge in [0.1, 0.15) is 0 Å². The molecular weight excluding hydrogens is 132 g/mol. The SMILES string of the molecule is CC(C)CCOCCS. The highest BCUT2D eigenvalue weighted by atomic mass is 32.1. The Labute approximate surface area is 63.2 Å². The van der Waals surface area contributed by atoms with Gasteiger partial charge in [0.2, 0.25) is 0 Å². The predicted octanol–water partition coefficient (Wildman–Crippen LogP) is 1.98. The first-order valence-electron chi connectivity index (χ1n) is 3.46. The van der Waals surface area contributed by atoms with Crippen molar-refractivity contribution in [2.24, 2.45) is 5.92 Å². The Morgan fingerprint density at radius 2 is 2.00 bits per heavy atom. The molecule has 0 aromatic carbocycles. The van der Waals surface area contributed by atoms with Crippen LogP contribution in [-0.2, 0) is 4.74 Å². The van der Waals surface area contributed by atoms with Crippen LogP contribution in [0.4, 0.5) is 0 Å². The summed E-state index contributed by atoms with van der Waals surface area (Å²) in [7, 11) is 0. The van der Waals surface area contributed by atoms with E-state index in [0.29, 0.717) is 0 Å². The van der Waals surface area contributed by atoms with Gasteiger partial charge in [0.25, 0.3) is 0 Å². The van der Waals surface area contributed by atoms with Crippen LogP contribution in [0, 0.1) is 5.92 Å². The Balaban J connectivity index is 2.75. The summed E-state index contributed by atoms with van der Waals surface area (Å²) >= 11 is 4.02. The molecule has 0 aliphatic carbocycles. The third kappa shape index (κ3) is 8.31. The molecule has 0 aliphatic rings. The van der Waals surface area contributed by atoms with E-state index in [0.717, 1.165) is 31.3 Å². The van der Waals surface area contributed by atoms with Gasteiger partial charge in [0.15, 0.2) is 0 Å². The van der Waals surface area contributed by atoms with Crippen molar-refractivity contribution >= 4 is 12.6 Å². The highest BCUT2D eigenvalue weighted by molar-refractivity contribution is 7.80. The van der Waals surface area contributed by atoms with Gasteiger partial charge in [-0.15, -0.1) is 0 Å². The Hall–Kier alpha value is 0.310. The van der Waals surface area contributed by atoms with E-state index in [1.54, 1.807) is 0 Å². The molecule has 0 saturated carbocycles. The first-order valence-corrected chi connectivity index (χ1v) is 4.09. The minimum Gasteiger partial charge on any atom is -0.381 e. The molecule has 0 unspecified atom stereocenters. The summed E-state index contributed by atoms with van der Waals surface area (Å²) in [5, 5.41) is 0. The molecule has 0 amide bonds. The molecule has 0 rings (SSSR count). The molecule has 1 nitrogen and oxygen atoms in total. The van der Waals surface area contributed by atoms with Crippen molar-refractivity contribution < 1.29 is 4.74 Å². The molecule has 0 atom stereocenters. The monoisotopic (exact) mass is 148 g/mol. The summed E-state index contributed by atoms with van der Waals surface area (Å²) < 4.78 is 5.22. The first-order chi connectivity index (χ1) is 4.27. The number of ether oxygens (including phenoxy) is 1. The molecule has 0 N–H and O–H groups in total. The highest BCUT2D eigenvalue weighted by Gasteiger charge is 1.91. The number of hydrogen-bond donors (Lipinski definition) is 1. The lowest BCUT2D eigenvalue weighted by Crippen LogP contribution is -2.00. The quantitative estimate of drug-likeness (QED) is 0.463. The third-order valence-electron chi connectivity index (χ3n) is 1.08. The van der Waals surface area contributed by atoms with Crippen molar-refractivity contribution in [1.82, 2.24) is 0 Å². The second-order valence-corrected chi connectivity index (χ2v) is 2.97. The average molecular weight is 148 g/mol. The molecule has 0 aromatic heterocycles. The zero-order chi connectivity index (χ0) is 7.11. The predicted molar refractivity (Wildman–Crippen MR) is 44.1 cm³/mol. The zero-order valence-corrected chi connectivity index (χ0v) is 7.16. The van der Waals surface area contributed by atoms with Crippen LogP contribution < -0.4 is 0 Å². The molecule has 0 aliphatic heterocycles. The lowest BCUT2D eigenvalue weighted by atomic mass is 10.1. The lowest BCUT2D eigenvalue weighted by molar-refractivity contribution is 0.138. The first kappa shape index (κ1) is 9.31. The van der Waals surface area contributed by atoms with Crippen LogP contribution in [0.5, 0.6) is 0 Å². The van der Waals surface area contributed by atoms with Gasteiger partial charge in [0, 0.05) is 12.4 Å². The van der Waals surface area contributed by atoms with E-state index >= 15 is 0 Å². The van der Waals surface area contributed by atoms with Gasteiger partial charge in [0.05, 0.1) is 6.61 Å². The summed E-state index contributed by atoms with van der Waals surface area (Å²) in [5.74, 6) is 1.59. The van der Waals surface area contributed by atoms with Crippen LogP contribution in [0.2, 0.25) is 0 Å². The molecule has 0 saturated heterocycles. The molecule has 0 spiro atoms. The summed E-state index contributed by atoms with van der Waals surface area (Å²) in [5.41, 5.74) is 0. The summed E-state index contributed by atoms with van der Waals surface area (Å²) in [4.78, 5) is 0. The van der Waals surface area contributed by atoms with Crippen molar-refractivity contribution in [2.45, 2.75) is 20.3 Å². The smallest absolute Gasteiger partial charge is 0.0554 e. The molecule has 9 heavy (non-hydrogen) atoms. The number of rotatable bonds is 5. The Morgan fingerprint density at radius 3 is 2.44 bits per heavy atom. The molecule has 0 radical (unpaired) electrons. The number of thiol groups is 1. The maximum absolute atomic E-state index is 5.22. The van der Waals surface area contributed by atoms with E-state index in [1.165, 1.54) is 0 Å². The largest absolute Gasteiger partial charge is 0.381 e. The van der Waals surface area contributed by atoms with E-state index in [9.17, 15) is 0 Å². The van der Waals surface area contributed by atoms with Gasteiger partial charge in [-0.3, -0.25) is 0 Å². The van der Waals surface area contributed by atoms with E-state index in [1.807, 2.05) is 0 Å². The molecular formula is C7H16OS. The minimum atomic E-state index is 0.755. The lowest BCUT2D eigenvalue weighted by Gasteiger charge is -2.03. The van der Waals surface area contributed by atoms with Crippen molar-refractivity contribution in [1.29, 1.82) is 0 Å². The molecule has 0 bridgehead atoms. The van der Waals surface area contributed by atoms with Gasteiger partial charge in [-0.05, 0) is 12.3 Å². The van der Waals surface area contributed by atoms with Crippen LogP contribution in [0.3, 0.4) is 0 Å². The van der Waals surface area contributed by atoms with Gasteiger partial charge < -0.3 is 4.74 Å². The molecule has 56 valence electrons. The Kier molecular flexibility index (Phi) is 6.65. The summed E-state index contributed by atoms with van der Waals surface area (Å²) in [6, 6.07) is 0. The van der Waals surface area contributed by atoms with Crippen LogP contribution >= 0.6 is 12.6 Å². The standard InChI is InChI=1S/C7H16OS/c1-7(2)3-4-8-5-6-9/h7,9H,3-6H2,1-2H3. The second kappa shape index (κ2) is 6.43. The van der Waals surface area contributed by atoms with Gasteiger partial charge >= 0.3 is 0 Å². The van der Waals surface area contributed by atoms with Crippen molar-refractivity contribution in [2.75, 3.05) is 19.0 Å². The second-order valence-electron chi connectivity index (χ2n) is 2.52. The van der Waals surface area contributed by atoms with Crippen LogP contribution in [0.15, 0.2) is 0 Å². The Morgan fingerprint density at radius 1 is 1.33 bits per heavy atom. The zero-order valence-electron chi connectivity index (χ0n) is 6.26. The maximum atomic E-state index is 5.22. The molecule has 0 fully saturated rings. The van der Waals surface area contributed by atoms with Crippen molar-refractivity contribution in [3.63, 3.8) is 0 Å². The fourth-order valence-electron chi connectivity index (χ4n) is 0.486. The van der Waals surface area contributed by atoms with E-state index in [4.69, 9.17) is 4.74 Å². The molecule has 0 heterocycles. The fourth-order valence-corrected chi connectivity index (χ4v) is 0.615. The topological polar surface area (TPSA) is 9.23 Å². The molecule has 2 heteroatoms. The van der Waals surface area contributed by atoms with Gasteiger partial charge in [-0.25, -0.2) is 0 Å². The third-order valence-corrected chi connectivity index (χ3v) is 1.26. The van der Waals surface area contributed by atoms with E-state index in [2.05, 4.69) is 26.5 Å². The molecule has 0 aromatic rings. The maximum Gasteiger partial charge on any atom is 0.0554 e. The van der Waals surface area contributed by atoms with Gasteiger partial charge in [-0.2, -0.15) is 12.6 Å². The Bertz CT molecular complexity index is 54.9. The van der Waals surface area contributed by atoms with Gasteiger partial charge in [-0.1, -0.05) is 13.8 Å². The van der Waals surface area contributed by atoms with Crippen LogP contribution in [-0.4, -0.2) is 19.0 Å². The highest BCUT2D eigenvalue weighted by Crippen LogP contribution is 1.98. The minimum absolute atomic E-state index is 0.755. The normalized spacial score (nSPS) is 10.7. The van der Waals surface area contributed by atoms with Crippen molar-refractivity contribution in [3.8, 4) is 0 Å². The van der Waals surface area contributed by atoms with Crippen LogP contribution in [0.1, 0.15) is 20.3 Å². The summed E-state index contributed by atoms with van der Waals surface area (Å²) in [6.07, 6.45) is 1.16. The fraction of sp³-hybridized carbons (Fsp3) is 1.00.